The Bertz CT molecular complexity index is 1010. The molecule has 1 saturated carbocycles. The van der Waals surface area contributed by atoms with Gasteiger partial charge in [-0.25, -0.2) is 15.0 Å². The molecule has 1 fully saturated rings. The zero-order valence-electron chi connectivity index (χ0n) is 15.4. The van der Waals surface area contributed by atoms with Gasteiger partial charge in [-0.3, -0.25) is 5.10 Å². The third-order valence-electron chi connectivity index (χ3n) is 4.57. The molecule has 4 N–H and O–H groups in total. The minimum atomic E-state index is 0.104. The average Bonchev–Trinajstić information content (AvgIpc) is 3.33. The van der Waals surface area contributed by atoms with E-state index in [1.807, 2.05) is 31.2 Å². The number of pyridine rings is 1. The van der Waals surface area contributed by atoms with Crippen LogP contribution in [0.5, 0.6) is 5.75 Å². The predicted octanol–water partition coefficient (Wildman–Crippen LogP) is 2.44. The molecule has 0 bridgehead atoms. The van der Waals surface area contributed by atoms with Crippen LogP contribution in [-0.4, -0.2) is 37.3 Å². The lowest BCUT2D eigenvalue weighted by atomic mass is 10.2. The lowest BCUT2D eigenvalue weighted by Crippen LogP contribution is -2.19. The maximum Gasteiger partial charge on any atom is 0.158 e. The van der Waals surface area contributed by atoms with E-state index in [4.69, 9.17) is 15.7 Å². The summed E-state index contributed by atoms with van der Waals surface area (Å²) in [4.78, 5) is 12.7. The van der Waals surface area contributed by atoms with E-state index in [9.17, 15) is 0 Å². The van der Waals surface area contributed by atoms with Gasteiger partial charge in [0.2, 0.25) is 0 Å². The lowest BCUT2D eigenvalue weighted by Gasteiger charge is -2.16. The Labute approximate surface area is 162 Å². The summed E-state index contributed by atoms with van der Waals surface area (Å²) >= 11 is 0. The van der Waals surface area contributed by atoms with E-state index in [0.717, 1.165) is 30.7 Å². The topological polar surface area (TPSA) is 138 Å². The number of nitrogens with one attached hydrogen (secondary N) is 2. The van der Waals surface area contributed by atoms with Crippen molar-refractivity contribution >= 4 is 11.6 Å². The van der Waals surface area contributed by atoms with Crippen LogP contribution in [0.1, 0.15) is 30.7 Å². The summed E-state index contributed by atoms with van der Waals surface area (Å²) in [5.41, 5.74) is 8.56. The van der Waals surface area contributed by atoms with E-state index >= 15 is 0 Å². The molecule has 2 unspecified atom stereocenters. The van der Waals surface area contributed by atoms with E-state index in [0.29, 0.717) is 23.1 Å². The molecule has 0 aromatic carbocycles. The molecule has 4 rings (SSSR count). The first-order chi connectivity index (χ1) is 13.6. The van der Waals surface area contributed by atoms with Crippen LogP contribution >= 0.6 is 0 Å². The number of H-pyrrole nitrogens is 1. The lowest BCUT2D eigenvalue weighted by molar-refractivity contribution is 0.208. The van der Waals surface area contributed by atoms with Crippen LogP contribution in [-0.2, 0) is 0 Å². The number of nitriles is 1. The quantitative estimate of drug-likeness (QED) is 0.617. The molecule has 9 heteroatoms. The van der Waals surface area contributed by atoms with Crippen molar-refractivity contribution in [1.82, 2.24) is 25.1 Å². The summed E-state index contributed by atoms with van der Waals surface area (Å²) in [7, 11) is 0. The van der Waals surface area contributed by atoms with Crippen LogP contribution in [0.4, 0.5) is 11.6 Å². The van der Waals surface area contributed by atoms with Crippen LogP contribution in [0.25, 0.3) is 11.4 Å². The van der Waals surface area contributed by atoms with Gasteiger partial charge in [-0.1, -0.05) is 0 Å². The highest BCUT2D eigenvalue weighted by Crippen LogP contribution is 2.32. The average molecular weight is 376 g/mol. The Kier molecular flexibility index (Phi) is 4.87. The molecule has 0 aliphatic heterocycles. The standard InChI is InChI=1S/C19H20N8O/c1-11-2-5-16(28-14-4-3-12(21)6-14)19(24-11)15-7-17(27-26-15)25-18-10-22-13(8-20)9-23-18/h2,5,7,9-10,12,14H,3-4,6,21H2,1H3,(H2,23,25,26,27). The van der Waals surface area contributed by atoms with E-state index in [-0.39, 0.29) is 17.8 Å². The van der Waals surface area contributed by atoms with Crippen molar-refractivity contribution in [2.75, 3.05) is 5.32 Å². The van der Waals surface area contributed by atoms with Crippen LogP contribution in [0.15, 0.2) is 30.6 Å². The molecule has 1 aliphatic carbocycles. The zero-order valence-corrected chi connectivity index (χ0v) is 15.4. The normalized spacial score (nSPS) is 18.6. The number of aromatic amines is 1. The highest BCUT2D eigenvalue weighted by molar-refractivity contribution is 5.67. The molecule has 3 aromatic heterocycles. The molecule has 9 nitrogen and oxygen atoms in total. The van der Waals surface area contributed by atoms with E-state index < -0.39 is 0 Å². The van der Waals surface area contributed by atoms with Gasteiger partial charge in [0.05, 0.1) is 18.1 Å². The van der Waals surface area contributed by atoms with Crippen LogP contribution in [0, 0.1) is 18.3 Å². The number of aromatic nitrogens is 5. The molecule has 2 atom stereocenters. The van der Waals surface area contributed by atoms with E-state index in [1.165, 1.54) is 12.4 Å². The minimum Gasteiger partial charge on any atom is -0.488 e. The fraction of sp³-hybridized carbons (Fsp3) is 0.316. The van der Waals surface area contributed by atoms with Crippen molar-refractivity contribution < 1.29 is 4.74 Å². The second kappa shape index (κ2) is 7.62. The van der Waals surface area contributed by atoms with Crippen molar-refractivity contribution in [2.24, 2.45) is 5.73 Å². The molecular formula is C19H20N8O. The highest BCUT2D eigenvalue weighted by atomic mass is 16.5. The highest BCUT2D eigenvalue weighted by Gasteiger charge is 2.25. The summed E-state index contributed by atoms with van der Waals surface area (Å²) in [6.07, 6.45) is 5.75. The van der Waals surface area contributed by atoms with Gasteiger partial charge in [-0.05, 0) is 38.3 Å². The number of ether oxygens (including phenoxy) is 1. The van der Waals surface area contributed by atoms with Gasteiger partial charge in [-0.2, -0.15) is 10.4 Å². The van der Waals surface area contributed by atoms with Gasteiger partial charge in [0, 0.05) is 17.8 Å². The number of rotatable bonds is 5. The first-order valence-electron chi connectivity index (χ1n) is 9.05. The number of hydrogen-bond acceptors (Lipinski definition) is 8. The molecule has 28 heavy (non-hydrogen) atoms. The Balaban J connectivity index is 1.55. The fourth-order valence-corrected chi connectivity index (χ4v) is 3.18. The smallest absolute Gasteiger partial charge is 0.158 e. The maximum absolute atomic E-state index is 8.80. The number of nitrogens with zero attached hydrogens (tertiary/aromatic N) is 5. The van der Waals surface area contributed by atoms with Gasteiger partial charge in [0.25, 0.3) is 0 Å². The Morgan fingerprint density at radius 2 is 2.14 bits per heavy atom. The molecule has 3 heterocycles. The van der Waals surface area contributed by atoms with Crippen molar-refractivity contribution in [3.8, 4) is 23.2 Å². The van der Waals surface area contributed by atoms with Gasteiger partial charge < -0.3 is 15.8 Å². The monoisotopic (exact) mass is 376 g/mol. The van der Waals surface area contributed by atoms with Crippen LogP contribution < -0.4 is 15.8 Å². The molecule has 0 amide bonds. The molecule has 3 aromatic rings. The van der Waals surface area contributed by atoms with Crippen molar-refractivity contribution in [3.05, 3.63) is 42.0 Å². The van der Waals surface area contributed by atoms with Crippen molar-refractivity contribution in [2.45, 2.75) is 38.3 Å². The Hall–Kier alpha value is -3.51. The molecule has 0 saturated heterocycles. The van der Waals surface area contributed by atoms with Crippen molar-refractivity contribution in [1.29, 1.82) is 5.26 Å². The summed E-state index contributed by atoms with van der Waals surface area (Å²) < 4.78 is 6.18. The number of anilines is 2. The first-order valence-corrected chi connectivity index (χ1v) is 9.05. The van der Waals surface area contributed by atoms with Gasteiger partial charge in [-0.15, -0.1) is 0 Å². The Morgan fingerprint density at radius 1 is 1.25 bits per heavy atom. The fourth-order valence-electron chi connectivity index (χ4n) is 3.18. The SMILES string of the molecule is Cc1ccc(OC2CCC(N)C2)c(-c2cc(Nc3cnc(C#N)cn3)n[nH]2)n1. The second-order valence-corrected chi connectivity index (χ2v) is 6.80. The summed E-state index contributed by atoms with van der Waals surface area (Å²) in [6.45, 7) is 1.93. The molecule has 1 aliphatic rings. The Morgan fingerprint density at radius 3 is 2.86 bits per heavy atom. The summed E-state index contributed by atoms with van der Waals surface area (Å²) in [6, 6.07) is 7.82. The summed E-state index contributed by atoms with van der Waals surface area (Å²) in [5.74, 6) is 1.76. The molecule has 142 valence electrons. The molecule has 0 spiro atoms. The maximum atomic E-state index is 8.80. The third kappa shape index (κ3) is 3.92. The van der Waals surface area contributed by atoms with Gasteiger partial charge in [0.15, 0.2) is 11.5 Å². The van der Waals surface area contributed by atoms with Crippen LogP contribution in [0.2, 0.25) is 0 Å². The van der Waals surface area contributed by atoms with E-state index in [2.05, 4.69) is 30.5 Å². The predicted molar refractivity (Wildman–Crippen MR) is 103 cm³/mol. The number of nitrogens with two attached hydrogens (primary N) is 1. The molecular weight excluding hydrogens is 356 g/mol. The number of aryl methyl sites for hydroxylation is 1. The minimum absolute atomic E-state index is 0.104. The van der Waals surface area contributed by atoms with Gasteiger partial charge >= 0.3 is 0 Å². The second-order valence-electron chi connectivity index (χ2n) is 6.80. The zero-order chi connectivity index (χ0) is 19.5. The van der Waals surface area contributed by atoms with Crippen LogP contribution in [0.3, 0.4) is 0 Å². The van der Waals surface area contributed by atoms with Gasteiger partial charge in [0.1, 0.15) is 29.4 Å². The van der Waals surface area contributed by atoms with E-state index in [1.54, 1.807) is 0 Å². The largest absolute Gasteiger partial charge is 0.488 e. The third-order valence-corrected chi connectivity index (χ3v) is 4.57. The summed E-state index contributed by atoms with van der Waals surface area (Å²) in [5, 5.41) is 19.1. The number of hydrogen-bond donors (Lipinski definition) is 3. The first kappa shape index (κ1) is 17.9. The molecule has 0 radical (unpaired) electrons. The van der Waals surface area contributed by atoms with Crippen molar-refractivity contribution in [3.63, 3.8) is 0 Å².